The molecule has 0 spiro atoms. The molecule has 0 radical (unpaired) electrons. The van der Waals surface area contributed by atoms with Gasteiger partial charge in [-0.15, -0.1) is 12.4 Å². The first kappa shape index (κ1) is 21.9. The zero-order valence-corrected chi connectivity index (χ0v) is 16.7. The molecule has 0 aromatic heterocycles. The molecule has 1 aromatic rings. The van der Waals surface area contributed by atoms with E-state index in [9.17, 15) is 14.0 Å². The third-order valence-corrected chi connectivity index (χ3v) is 5.25. The molecule has 150 valence electrons. The Bertz CT molecular complexity index is 663. The van der Waals surface area contributed by atoms with Crippen LogP contribution >= 0.6 is 24.0 Å². The van der Waals surface area contributed by atoms with Gasteiger partial charge in [0.25, 0.3) is 5.91 Å². The minimum Gasteiger partial charge on any atom is -0.340 e. The molecule has 9 heteroatoms. The smallest absolute Gasteiger partial charge is 0.255 e. The monoisotopic (exact) mass is 418 g/mol. The molecule has 2 saturated heterocycles. The fourth-order valence-corrected chi connectivity index (χ4v) is 3.58. The van der Waals surface area contributed by atoms with Crippen molar-refractivity contribution in [1.82, 2.24) is 20.0 Å². The standard InChI is InChI=1S/C18H24ClFN4O2.ClH/c19-16-13-14(20)1-2-15(16)18(26)24-11-9-22(10-12-24)6-3-17(25)23-7-4-21-5-8-23;/h1-2,13,21H,3-12H2;1H. The van der Waals surface area contributed by atoms with Gasteiger partial charge < -0.3 is 15.1 Å². The summed E-state index contributed by atoms with van der Waals surface area (Å²) >= 11 is 5.99. The van der Waals surface area contributed by atoms with Crippen LogP contribution in [0.15, 0.2) is 18.2 Å². The number of nitrogens with zero attached hydrogens (tertiary/aromatic N) is 3. The van der Waals surface area contributed by atoms with Gasteiger partial charge in [0.2, 0.25) is 5.91 Å². The first-order chi connectivity index (χ1) is 12.5. The SMILES string of the molecule is Cl.O=C(CCN1CCN(C(=O)c2ccc(F)cc2Cl)CC1)N1CCNCC1. The van der Waals surface area contributed by atoms with Gasteiger partial charge in [0.05, 0.1) is 10.6 Å². The van der Waals surface area contributed by atoms with Crippen LogP contribution in [0.1, 0.15) is 16.8 Å². The van der Waals surface area contributed by atoms with Gasteiger partial charge in [-0.05, 0) is 18.2 Å². The first-order valence-corrected chi connectivity index (χ1v) is 9.37. The summed E-state index contributed by atoms with van der Waals surface area (Å²) in [5.41, 5.74) is 0.329. The molecular weight excluding hydrogens is 394 g/mol. The lowest BCUT2D eigenvalue weighted by molar-refractivity contribution is -0.132. The maximum absolute atomic E-state index is 13.1. The van der Waals surface area contributed by atoms with Crippen molar-refractivity contribution in [2.75, 3.05) is 58.9 Å². The molecule has 2 heterocycles. The lowest BCUT2D eigenvalue weighted by Gasteiger charge is -2.35. The molecule has 2 amide bonds. The quantitative estimate of drug-likeness (QED) is 0.804. The summed E-state index contributed by atoms with van der Waals surface area (Å²) in [6.07, 6.45) is 0.512. The number of amides is 2. The van der Waals surface area contributed by atoms with Crippen molar-refractivity contribution in [3.8, 4) is 0 Å². The average molecular weight is 419 g/mol. The normalized spacial score (nSPS) is 18.1. The third-order valence-electron chi connectivity index (χ3n) is 4.93. The van der Waals surface area contributed by atoms with Gasteiger partial charge in [-0.1, -0.05) is 11.6 Å². The van der Waals surface area contributed by atoms with Crippen molar-refractivity contribution < 1.29 is 14.0 Å². The van der Waals surface area contributed by atoms with Crippen molar-refractivity contribution in [1.29, 1.82) is 0 Å². The van der Waals surface area contributed by atoms with Crippen LogP contribution in [0.2, 0.25) is 5.02 Å². The van der Waals surface area contributed by atoms with Crippen molar-refractivity contribution >= 4 is 35.8 Å². The minimum absolute atomic E-state index is 0. The Morgan fingerprint density at radius 1 is 1.04 bits per heavy atom. The first-order valence-electron chi connectivity index (χ1n) is 9.00. The topological polar surface area (TPSA) is 55.9 Å². The molecular formula is C18H25Cl2FN4O2. The van der Waals surface area contributed by atoms with Gasteiger partial charge in [0.15, 0.2) is 0 Å². The number of carbonyl (C=O) groups is 2. The predicted octanol–water partition coefficient (Wildman–Crippen LogP) is 1.48. The Labute approximate surface area is 170 Å². The molecule has 6 nitrogen and oxygen atoms in total. The fraction of sp³-hybridized carbons (Fsp3) is 0.556. The molecule has 0 aliphatic carbocycles. The van der Waals surface area contributed by atoms with E-state index in [4.69, 9.17) is 11.6 Å². The van der Waals surface area contributed by atoms with Crippen LogP contribution in [0.25, 0.3) is 0 Å². The Morgan fingerprint density at radius 3 is 2.33 bits per heavy atom. The molecule has 27 heavy (non-hydrogen) atoms. The van der Waals surface area contributed by atoms with E-state index in [0.717, 1.165) is 45.3 Å². The number of benzene rings is 1. The van der Waals surface area contributed by atoms with Gasteiger partial charge in [0.1, 0.15) is 5.82 Å². The molecule has 0 bridgehead atoms. The highest BCUT2D eigenvalue weighted by molar-refractivity contribution is 6.33. The van der Waals surface area contributed by atoms with Crippen LogP contribution in [0, 0.1) is 5.82 Å². The van der Waals surface area contributed by atoms with E-state index in [1.807, 2.05) is 4.90 Å². The minimum atomic E-state index is -0.453. The zero-order valence-electron chi connectivity index (χ0n) is 15.1. The lowest BCUT2D eigenvalue weighted by atomic mass is 10.1. The number of piperazine rings is 2. The number of halogens is 3. The summed E-state index contributed by atoms with van der Waals surface area (Å²) < 4.78 is 13.1. The highest BCUT2D eigenvalue weighted by Gasteiger charge is 2.24. The van der Waals surface area contributed by atoms with Gasteiger partial charge in [-0.3, -0.25) is 14.5 Å². The maximum atomic E-state index is 13.1. The van der Waals surface area contributed by atoms with Crippen LogP contribution < -0.4 is 5.32 Å². The van der Waals surface area contributed by atoms with E-state index in [1.54, 1.807) is 4.90 Å². The highest BCUT2D eigenvalue weighted by atomic mass is 35.5. The summed E-state index contributed by atoms with van der Waals surface area (Å²) in [4.78, 5) is 30.6. The van der Waals surface area contributed by atoms with E-state index < -0.39 is 5.82 Å². The number of nitrogens with one attached hydrogen (secondary N) is 1. The van der Waals surface area contributed by atoms with Crippen molar-refractivity contribution in [3.05, 3.63) is 34.6 Å². The number of hydrogen-bond acceptors (Lipinski definition) is 4. The third kappa shape index (κ3) is 5.78. The summed E-state index contributed by atoms with van der Waals surface area (Å²) in [5, 5.41) is 3.38. The summed E-state index contributed by atoms with van der Waals surface area (Å²) in [7, 11) is 0. The van der Waals surface area contributed by atoms with Crippen molar-refractivity contribution in [2.45, 2.75) is 6.42 Å². The Kier molecular flexibility index (Phi) is 8.28. The average Bonchev–Trinajstić information content (AvgIpc) is 2.67. The number of rotatable bonds is 4. The predicted molar refractivity (Wildman–Crippen MR) is 105 cm³/mol. The molecule has 0 atom stereocenters. The molecule has 1 N–H and O–H groups in total. The van der Waals surface area contributed by atoms with E-state index in [2.05, 4.69) is 10.2 Å². The Hall–Kier alpha value is -1.41. The molecule has 2 aliphatic heterocycles. The van der Waals surface area contributed by atoms with E-state index in [0.29, 0.717) is 31.6 Å². The zero-order chi connectivity index (χ0) is 18.5. The molecule has 0 unspecified atom stereocenters. The second-order valence-electron chi connectivity index (χ2n) is 6.64. The van der Waals surface area contributed by atoms with Crippen LogP contribution in [0.3, 0.4) is 0 Å². The van der Waals surface area contributed by atoms with Crippen LogP contribution in [-0.2, 0) is 4.79 Å². The fourth-order valence-electron chi connectivity index (χ4n) is 3.33. The molecule has 2 fully saturated rings. The van der Waals surface area contributed by atoms with Gasteiger partial charge in [0, 0.05) is 65.3 Å². The largest absolute Gasteiger partial charge is 0.340 e. The van der Waals surface area contributed by atoms with Gasteiger partial charge in [-0.2, -0.15) is 0 Å². The summed E-state index contributed by atoms with van der Waals surface area (Å²) in [6.45, 7) is 6.58. The molecule has 0 saturated carbocycles. The maximum Gasteiger partial charge on any atom is 0.255 e. The van der Waals surface area contributed by atoms with Crippen molar-refractivity contribution in [2.24, 2.45) is 0 Å². The van der Waals surface area contributed by atoms with E-state index >= 15 is 0 Å². The van der Waals surface area contributed by atoms with Crippen LogP contribution in [0.4, 0.5) is 4.39 Å². The van der Waals surface area contributed by atoms with Crippen LogP contribution in [0.5, 0.6) is 0 Å². The number of carbonyl (C=O) groups excluding carboxylic acids is 2. The Morgan fingerprint density at radius 2 is 1.70 bits per heavy atom. The summed E-state index contributed by atoms with van der Waals surface area (Å²) in [5.74, 6) is -0.430. The number of hydrogen-bond donors (Lipinski definition) is 1. The van der Waals surface area contributed by atoms with Crippen molar-refractivity contribution in [3.63, 3.8) is 0 Å². The highest BCUT2D eigenvalue weighted by Crippen LogP contribution is 2.20. The van der Waals surface area contributed by atoms with E-state index in [1.165, 1.54) is 12.1 Å². The summed E-state index contributed by atoms with van der Waals surface area (Å²) in [6, 6.07) is 3.84. The van der Waals surface area contributed by atoms with Crippen LogP contribution in [-0.4, -0.2) is 85.4 Å². The van der Waals surface area contributed by atoms with E-state index in [-0.39, 0.29) is 29.2 Å². The second-order valence-corrected chi connectivity index (χ2v) is 7.05. The molecule has 2 aliphatic rings. The second kappa shape index (κ2) is 10.2. The Balaban J connectivity index is 0.00000261. The van der Waals surface area contributed by atoms with Gasteiger partial charge in [-0.25, -0.2) is 4.39 Å². The lowest BCUT2D eigenvalue weighted by Crippen LogP contribution is -2.50. The van der Waals surface area contributed by atoms with Gasteiger partial charge >= 0.3 is 0 Å². The molecule has 1 aromatic carbocycles. The molecule has 3 rings (SSSR count).